The molecule has 2 rings (SSSR count). The lowest BCUT2D eigenvalue weighted by Crippen LogP contribution is -2.05. The standard InChI is InChI=1S/C8H6N4O4S/c13-7(14)6-5(1-2-17-6)3-11-4-9-8(10-11)12(15)16/h1-2,4H,3H2,(H,13,14). The number of nitrogens with zero attached hydrogens (tertiary/aromatic N) is 4. The van der Waals surface area contributed by atoms with Gasteiger partial charge in [-0.25, -0.2) is 4.79 Å². The zero-order chi connectivity index (χ0) is 12.4. The molecule has 0 aliphatic rings. The second-order valence-corrected chi connectivity index (χ2v) is 4.00. The molecule has 0 aliphatic carbocycles. The summed E-state index contributed by atoms with van der Waals surface area (Å²) in [6, 6.07) is 1.64. The molecule has 0 saturated carbocycles. The zero-order valence-electron chi connectivity index (χ0n) is 8.31. The first-order valence-electron chi connectivity index (χ1n) is 4.41. The lowest BCUT2D eigenvalue weighted by Gasteiger charge is -1.96. The van der Waals surface area contributed by atoms with Crippen LogP contribution in [0.2, 0.25) is 0 Å². The number of hydrogen-bond donors (Lipinski definition) is 1. The Bertz CT molecular complexity index is 576. The number of carboxylic acids is 1. The molecule has 0 fully saturated rings. The van der Waals surface area contributed by atoms with Crippen LogP contribution in [0.3, 0.4) is 0 Å². The molecular formula is C8H6N4O4S. The first kappa shape index (κ1) is 11.2. The third-order valence-electron chi connectivity index (χ3n) is 1.96. The first-order valence-corrected chi connectivity index (χ1v) is 5.29. The fraction of sp³-hybridized carbons (Fsp3) is 0.125. The maximum Gasteiger partial charge on any atom is 0.490 e. The highest BCUT2D eigenvalue weighted by molar-refractivity contribution is 7.12. The van der Waals surface area contributed by atoms with Gasteiger partial charge in [-0.05, 0) is 16.4 Å². The number of rotatable bonds is 4. The quantitative estimate of drug-likeness (QED) is 0.643. The summed E-state index contributed by atoms with van der Waals surface area (Å²) in [6.45, 7) is 0.145. The Hall–Kier alpha value is -2.29. The molecule has 0 unspecified atom stereocenters. The van der Waals surface area contributed by atoms with Crippen LogP contribution in [-0.2, 0) is 6.54 Å². The minimum Gasteiger partial charge on any atom is -0.477 e. The van der Waals surface area contributed by atoms with Crippen molar-refractivity contribution in [3.63, 3.8) is 0 Å². The van der Waals surface area contributed by atoms with E-state index in [1.807, 2.05) is 0 Å². The van der Waals surface area contributed by atoms with Crippen LogP contribution in [0.4, 0.5) is 5.95 Å². The number of carbonyl (C=O) groups is 1. The highest BCUT2D eigenvalue weighted by Crippen LogP contribution is 2.17. The van der Waals surface area contributed by atoms with Gasteiger partial charge in [-0.1, -0.05) is 4.98 Å². The Morgan fingerprint density at radius 1 is 1.65 bits per heavy atom. The monoisotopic (exact) mass is 254 g/mol. The molecule has 0 radical (unpaired) electrons. The second kappa shape index (κ2) is 4.29. The lowest BCUT2D eigenvalue weighted by molar-refractivity contribution is -0.394. The second-order valence-electron chi connectivity index (χ2n) is 3.08. The van der Waals surface area contributed by atoms with Crippen LogP contribution in [0.25, 0.3) is 0 Å². The average Bonchev–Trinajstić information content (AvgIpc) is 2.86. The predicted molar refractivity (Wildman–Crippen MR) is 57.1 cm³/mol. The topological polar surface area (TPSA) is 111 Å². The molecule has 0 bridgehead atoms. The SMILES string of the molecule is O=C(O)c1sccc1Cn1cnc([N+](=O)[O-])n1. The highest BCUT2D eigenvalue weighted by atomic mass is 32.1. The molecular weight excluding hydrogens is 248 g/mol. The van der Waals surface area contributed by atoms with Gasteiger partial charge in [-0.3, -0.25) is 0 Å². The van der Waals surface area contributed by atoms with Gasteiger partial charge in [0.15, 0.2) is 0 Å². The molecule has 17 heavy (non-hydrogen) atoms. The summed E-state index contributed by atoms with van der Waals surface area (Å²) < 4.78 is 1.23. The molecule has 0 aliphatic heterocycles. The Morgan fingerprint density at radius 3 is 3.00 bits per heavy atom. The normalized spacial score (nSPS) is 10.4. The van der Waals surface area contributed by atoms with Crippen LogP contribution in [0.1, 0.15) is 15.2 Å². The Balaban J connectivity index is 2.22. The van der Waals surface area contributed by atoms with E-state index in [0.717, 1.165) is 11.3 Å². The van der Waals surface area contributed by atoms with Crippen molar-refractivity contribution in [3.8, 4) is 0 Å². The van der Waals surface area contributed by atoms with Crippen molar-refractivity contribution in [2.45, 2.75) is 6.54 Å². The molecule has 0 atom stereocenters. The minimum absolute atomic E-state index is 0.145. The van der Waals surface area contributed by atoms with Crippen molar-refractivity contribution in [1.29, 1.82) is 0 Å². The fourth-order valence-electron chi connectivity index (χ4n) is 1.27. The molecule has 9 heteroatoms. The average molecular weight is 254 g/mol. The first-order chi connectivity index (χ1) is 8.08. The predicted octanol–water partition coefficient (Wildman–Crippen LogP) is 0.994. The van der Waals surface area contributed by atoms with Gasteiger partial charge >= 0.3 is 11.9 Å². The molecule has 1 N–H and O–H groups in total. The van der Waals surface area contributed by atoms with Crippen LogP contribution in [-0.4, -0.2) is 30.8 Å². The number of aromatic carboxylic acids is 1. The van der Waals surface area contributed by atoms with Crippen molar-refractivity contribution >= 4 is 23.3 Å². The van der Waals surface area contributed by atoms with Crippen molar-refractivity contribution in [1.82, 2.24) is 14.8 Å². The van der Waals surface area contributed by atoms with E-state index in [-0.39, 0.29) is 11.4 Å². The minimum atomic E-state index is -1.02. The van der Waals surface area contributed by atoms with E-state index in [9.17, 15) is 14.9 Å². The Kier molecular flexibility index (Phi) is 2.83. The summed E-state index contributed by atoms with van der Waals surface area (Å²) in [4.78, 5) is 24.2. The number of nitro groups is 1. The molecule has 2 aromatic heterocycles. The Labute approximate surface area is 98.3 Å². The van der Waals surface area contributed by atoms with Crippen LogP contribution >= 0.6 is 11.3 Å². The van der Waals surface area contributed by atoms with Gasteiger partial charge in [0.2, 0.25) is 6.33 Å². The van der Waals surface area contributed by atoms with E-state index in [1.165, 1.54) is 11.0 Å². The van der Waals surface area contributed by atoms with Crippen molar-refractivity contribution in [2.75, 3.05) is 0 Å². The number of aromatic nitrogens is 3. The van der Waals surface area contributed by atoms with Crippen LogP contribution in [0, 0.1) is 10.1 Å². The number of hydrogen-bond acceptors (Lipinski definition) is 6. The van der Waals surface area contributed by atoms with Crippen LogP contribution < -0.4 is 0 Å². The fourth-order valence-corrected chi connectivity index (χ4v) is 2.02. The van der Waals surface area contributed by atoms with E-state index >= 15 is 0 Å². The van der Waals surface area contributed by atoms with E-state index in [4.69, 9.17) is 5.11 Å². The lowest BCUT2D eigenvalue weighted by atomic mass is 10.2. The molecule has 0 aromatic carbocycles. The summed E-state index contributed by atoms with van der Waals surface area (Å²) in [7, 11) is 0. The van der Waals surface area contributed by atoms with Gasteiger partial charge in [0.1, 0.15) is 4.88 Å². The number of thiophene rings is 1. The summed E-state index contributed by atoms with van der Waals surface area (Å²) in [5, 5.41) is 24.5. The van der Waals surface area contributed by atoms with E-state index in [0.29, 0.717) is 5.56 Å². The molecule has 0 saturated heterocycles. The van der Waals surface area contributed by atoms with Gasteiger partial charge in [-0.15, -0.1) is 11.3 Å². The van der Waals surface area contributed by atoms with Gasteiger partial charge < -0.3 is 15.2 Å². The molecule has 0 spiro atoms. The summed E-state index contributed by atoms with van der Waals surface area (Å²) in [5.74, 6) is -1.53. The maximum atomic E-state index is 10.8. The molecule has 2 heterocycles. The van der Waals surface area contributed by atoms with E-state index < -0.39 is 16.8 Å². The zero-order valence-corrected chi connectivity index (χ0v) is 9.12. The van der Waals surface area contributed by atoms with Crippen LogP contribution in [0.15, 0.2) is 17.8 Å². The summed E-state index contributed by atoms with van der Waals surface area (Å²) in [5.41, 5.74) is 0.544. The van der Waals surface area contributed by atoms with Crippen molar-refractivity contribution in [3.05, 3.63) is 38.3 Å². The number of carboxylic acid groups (broad SMARTS) is 1. The highest BCUT2D eigenvalue weighted by Gasteiger charge is 2.16. The van der Waals surface area contributed by atoms with Gasteiger partial charge in [-0.2, -0.15) is 4.68 Å². The smallest absolute Gasteiger partial charge is 0.477 e. The third kappa shape index (κ3) is 2.28. The Morgan fingerprint density at radius 2 is 2.41 bits per heavy atom. The van der Waals surface area contributed by atoms with Crippen molar-refractivity contribution in [2.24, 2.45) is 0 Å². The summed E-state index contributed by atoms with van der Waals surface area (Å²) in [6.07, 6.45) is 1.20. The van der Waals surface area contributed by atoms with Gasteiger partial charge in [0, 0.05) is 10.7 Å². The van der Waals surface area contributed by atoms with Gasteiger partial charge in [0.05, 0.1) is 6.54 Å². The van der Waals surface area contributed by atoms with Gasteiger partial charge in [0.25, 0.3) is 0 Å². The molecule has 8 nitrogen and oxygen atoms in total. The largest absolute Gasteiger partial charge is 0.490 e. The third-order valence-corrected chi connectivity index (χ3v) is 2.91. The van der Waals surface area contributed by atoms with Crippen LogP contribution in [0.5, 0.6) is 0 Å². The maximum absolute atomic E-state index is 10.8. The van der Waals surface area contributed by atoms with E-state index in [2.05, 4.69) is 10.1 Å². The molecule has 0 amide bonds. The molecule has 88 valence electrons. The van der Waals surface area contributed by atoms with E-state index in [1.54, 1.807) is 11.4 Å². The summed E-state index contributed by atoms with van der Waals surface area (Å²) >= 11 is 1.10. The molecule has 2 aromatic rings. The van der Waals surface area contributed by atoms with Crippen molar-refractivity contribution < 1.29 is 14.8 Å².